The number of hydrogen-bond donors (Lipinski definition) is 1. The first-order valence-electron chi connectivity index (χ1n) is 7.13. The third-order valence-electron chi connectivity index (χ3n) is 3.88. The summed E-state index contributed by atoms with van der Waals surface area (Å²) in [4.78, 5) is 10.7. The molecule has 2 atom stereocenters. The van der Waals surface area contributed by atoms with Gasteiger partial charge < -0.3 is 9.84 Å². The Kier molecular flexibility index (Phi) is 5.40. The fourth-order valence-corrected chi connectivity index (χ4v) is 2.81. The Bertz CT molecular complexity index is 388. The summed E-state index contributed by atoms with van der Waals surface area (Å²) in [7, 11) is 0. The van der Waals surface area contributed by atoms with Gasteiger partial charge in [-0.15, -0.1) is 0 Å². The summed E-state index contributed by atoms with van der Waals surface area (Å²) in [5.41, 5.74) is 1.19. The molecule has 1 aromatic carbocycles. The lowest BCUT2D eigenvalue weighted by atomic mass is 9.83. The smallest absolute Gasteiger partial charge is 0.303 e. The highest BCUT2D eigenvalue weighted by Crippen LogP contribution is 2.30. The Balaban J connectivity index is 1.83. The van der Waals surface area contributed by atoms with Crippen molar-refractivity contribution in [1.29, 1.82) is 0 Å². The predicted octanol–water partition coefficient (Wildman–Crippen LogP) is 3.63. The normalized spacial score (nSPS) is 23.2. The van der Waals surface area contributed by atoms with Gasteiger partial charge in [0.15, 0.2) is 0 Å². The van der Waals surface area contributed by atoms with E-state index in [1.54, 1.807) is 0 Å². The number of carbonyl (C=O) groups is 1. The molecule has 3 heteroatoms. The third kappa shape index (κ3) is 4.67. The third-order valence-corrected chi connectivity index (χ3v) is 3.88. The van der Waals surface area contributed by atoms with Crippen molar-refractivity contribution in [1.82, 2.24) is 0 Å². The van der Waals surface area contributed by atoms with Crippen LogP contribution in [0.5, 0.6) is 0 Å². The van der Waals surface area contributed by atoms with E-state index in [9.17, 15) is 4.79 Å². The van der Waals surface area contributed by atoms with E-state index in [4.69, 9.17) is 9.84 Å². The molecule has 3 nitrogen and oxygen atoms in total. The average Bonchev–Trinajstić information content (AvgIpc) is 2.45. The van der Waals surface area contributed by atoms with Crippen molar-refractivity contribution in [3.8, 4) is 0 Å². The van der Waals surface area contributed by atoms with E-state index >= 15 is 0 Å². The zero-order chi connectivity index (χ0) is 13.5. The van der Waals surface area contributed by atoms with Crippen LogP contribution < -0.4 is 0 Å². The van der Waals surface area contributed by atoms with E-state index in [1.807, 2.05) is 18.2 Å². The van der Waals surface area contributed by atoms with E-state index in [0.717, 1.165) is 19.3 Å². The molecule has 104 valence electrons. The van der Waals surface area contributed by atoms with Crippen LogP contribution in [0.4, 0.5) is 0 Å². The van der Waals surface area contributed by atoms with Gasteiger partial charge in [0.25, 0.3) is 0 Å². The molecule has 19 heavy (non-hydrogen) atoms. The molecule has 1 aliphatic rings. The van der Waals surface area contributed by atoms with Crippen LogP contribution in [0.3, 0.4) is 0 Å². The van der Waals surface area contributed by atoms with Gasteiger partial charge in [-0.2, -0.15) is 0 Å². The van der Waals surface area contributed by atoms with E-state index in [2.05, 4.69) is 12.1 Å². The molecule has 0 heterocycles. The van der Waals surface area contributed by atoms with Crippen LogP contribution in [0.25, 0.3) is 0 Å². The van der Waals surface area contributed by atoms with Crippen molar-refractivity contribution in [2.75, 3.05) is 0 Å². The van der Waals surface area contributed by atoms with Gasteiger partial charge >= 0.3 is 5.97 Å². The van der Waals surface area contributed by atoms with Gasteiger partial charge in [-0.25, -0.2) is 0 Å². The van der Waals surface area contributed by atoms with Crippen molar-refractivity contribution in [2.24, 2.45) is 5.92 Å². The van der Waals surface area contributed by atoms with Gasteiger partial charge in [-0.1, -0.05) is 43.2 Å². The van der Waals surface area contributed by atoms with Gasteiger partial charge in [0.1, 0.15) is 0 Å². The molecule has 1 saturated carbocycles. The Morgan fingerprint density at radius 1 is 1.21 bits per heavy atom. The fraction of sp³-hybridized carbons (Fsp3) is 0.562. The summed E-state index contributed by atoms with van der Waals surface area (Å²) in [6.45, 7) is 0.634. The lowest BCUT2D eigenvalue weighted by molar-refractivity contribution is -0.137. The van der Waals surface area contributed by atoms with Gasteiger partial charge in [-0.3, -0.25) is 4.79 Å². The number of rotatable bonds is 6. The maximum absolute atomic E-state index is 10.7. The van der Waals surface area contributed by atoms with E-state index in [-0.39, 0.29) is 12.5 Å². The Morgan fingerprint density at radius 2 is 1.95 bits per heavy atom. The van der Waals surface area contributed by atoms with Crippen molar-refractivity contribution in [2.45, 2.75) is 51.2 Å². The van der Waals surface area contributed by atoms with Crippen LogP contribution in [-0.2, 0) is 16.1 Å². The molecule has 1 fully saturated rings. The lowest BCUT2D eigenvalue weighted by Crippen LogP contribution is -2.28. The lowest BCUT2D eigenvalue weighted by Gasteiger charge is -2.31. The standard InChI is InChI=1S/C16H22O3/c17-16(18)11-10-14-8-4-5-9-15(14)19-12-13-6-2-1-3-7-13/h1-3,6-7,14-15H,4-5,8-12H2,(H,17,18). The first-order chi connectivity index (χ1) is 9.25. The zero-order valence-electron chi connectivity index (χ0n) is 11.3. The number of aliphatic carboxylic acids is 1. The summed E-state index contributed by atoms with van der Waals surface area (Å²) in [6.07, 6.45) is 5.81. The number of ether oxygens (including phenoxy) is 1. The second kappa shape index (κ2) is 7.29. The Hall–Kier alpha value is -1.35. The zero-order valence-corrected chi connectivity index (χ0v) is 11.3. The summed E-state index contributed by atoms with van der Waals surface area (Å²) < 4.78 is 6.02. The summed E-state index contributed by atoms with van der Waals surface area (Å²) in [6, 6.07) is 10.2. The van der Waals surface area contributed by atoms with Gasteiger partial charge in [0, 0.05) is 6.42 Å². The maximum Gasteiger partial charge on any atom is 0.303 e. The molecule has 0 aliphatic heterocycles. The van der Waals surface area contributed by atoms with Crippen molar-refractivity contribution in [3.63, 3.8) is 0 Å². The molecular formula is C16H22O3. The monoisotopic (exact) mass is 262 g/mol. The van der Waals surface area contributed by atoms with Crippen molar-refractivity contribution < 1.29 is 14.6 Å². The first kappa shape index (κ1) is 14.1. The number of hydrogen-bond acceptors (Lipinski definition) is 2. The first-order valence-corrected chi connectivity index (χ1v) is 7.13. The summed E-state index contributed by atoms with van der Waals surface area (Å²) in [5, 5.41) is 8.80. The van der Waals surface area contributed by atoms with Crippen LogP contribution in [0.1, 0.15) is 44.1 Å². The minimum atomic E-state index is -0.701. The topological polar surface area (TPSA) is 46.5 Å². The molecule has 1 aliphatic carbocycles. The summed E-state index contributed by atoms with van der Waals surface area (Å²) in [5.74, 6) is -0.291. The minimum Gasteiger partial charge on any atom is -0.481 e. The largest absolute Gasteiger partial charge is 0.481 e. The van der Waals surface area contributed by atoms with Crippen LogP contribution in [0.15, 0.2) is 30.3 Å². The molecule has 0 saturated heterocycles. The second-order valence-electron chi connectivity index (χ2n) is 5.31. The average molecular weight is 262 g/mol. The molecule has 0 spiro atoms. The highest BCUT2D eigenvalue weighted by atomic mass is 16.5. The molecule has 0 bridgehead atoms. The molecule has 0 radical (unpaired) electrons. The molecule has 1 aromatic rings. The van der Waals surface area contributed by atoms with Crippen LogP contribution >= 0.6 is 0 Å². The van der Waals surface area contributed by atoms with E-state index < -0.39 is 5.97 Å². The molecule has 1 N–H and O–H groups in total. The van der Waals surface area contributed by atoms with Crippen LogP contribution in [0.2, 0.25) is 0 Å². The molecule has 0 amide bonds. The number of benzene rings is 1. The number of carboxylic acids is 1. The van der Waals surface area contributed by atoms with E-state index in [1.165, 1.54) is 18.4 Å². The van der Waals surface area contributed by atoms with E-state index in [0.29, 0.717) is 12.5 Å². The van der Waals surface area contributed by atoms with Gasteiger partial charge in [-0.05, 0) is 30.7 Å². The Labute approximate surface area is 114 Å². The highest BCUT2D eigenvalue weighted by molar-refractivity contribution is 5.66. The number of carboxylic acid groups (broad SMARTS) is 1. The minimum absolute atomic E-state index is 0.230. The fourth-order valence-electron chi connectivity index (χ4n) is 2.81. The van der Waals surface area contributed by atoms with Gasteiger partial charge in [0.05, 0.1) is 12.7 Å². The molecular weight excluding hydrogens is 240 g/mol. The summed E-state index contributed by atoms with van der Waals surface area (Å²) >= 11 is 0. The predicted molar refractivity (Wildman–Crippen MR) is 73.8 cm³/mol. The van der Waals surface area contributed by atoms with Crippen molar-refractivity contribution in [3.05, 3.63) is 35.9 Å². The van der Waals surface area contributed by atoms with Crippen molar-refractivity contribution >= 4 is 5.97 Å². The molecule has 2 unspecified atom stereocenters. The molecule has 2 rings (SSSR count). The quantitative estimate of drug-likeness (QED) is 0.851. The second-order valence-corrected chi connectivity index (χ2v) is 5.31. The maximum atomic E-state index is 10.7. The highest BCUT2D eigenvalue weighted by Gasteiger charge is 2.26. The molecule has 0 aromatic heterocycles. The SMILES string of the molecule is O=C(O)CCC1CCCCC1OCc1ccccc1. The van der Waals surface area contributed by atoms with Crippen LogP contribution in [0, 0.1) is 5.92 Å². The van der Waals surface area contributed by atoms with Crippen LogP contribution in [-0.4, -0.2) is 17.2 Å². The van der Waals surface area contributed by atoms with Gasteiger partial charge in [0.2, 0.25) is 0 Å². The Morgan fingerprint density at radius 3 is 2.68 bits per heavy atom.